The minimum absolute atomic E-state index is 0.198. The van der Waals surface area contributed by atoms with Crippen molar-refractivity contribution in [3.8, 4) is 27.8 Å². The third-order valence-electron chi connectivity index (χ3n) is 6.63. The molecule has 0 unspecified atom stereocenters. The molecule has 9 heteroatoms. The van der Waals surface area contributed by atoms with Crippen LogP contribution in [0.3, 0.4) is 0 Å². The minimum atomic E-state index is -0.547. The van der Waals surface area contributed by atoms with Crippen molar-refractivity contribution in [1.29, 1.82) is 0 Å². The summed E-state index contributed by atoms with van der Waals surface area (Å²) in [5, 5.41) is 5.24. The van der Waals surface area contributed by atoms with Crippen molar-refractivity contribution >= 4 is 11.3 Å². The van der Waals surface area contributed by atoms with Gasteiger partial charge in [-0.3, -0.25) is 4.90 Å². The second-order valence-corrected chi connectivity index (χ2v) is 10.5. The summed E-state index contributed by atoms with van der Waals surface area (Å²) in [5.41, 5.74) is 3.71. The van der Waals surface area contributed by atoms with E-state index >= 15 is 0 Å². The van der Waals surface area contributed by atoms with Crippen LogP contribution in [-0.2, 0) is 13.0 Å². The second-order valence-electron chi connectivity index (χ2n) is 9.39. The predicted molar refractivity (Wildman–Crippen MR) is 131 cm³/mol. The number of benzene rings is 2. The largest absolute Gasteiger partial charge is 0.493 e. The highest BCUT2D eigenvalue weighted by Crippen LogP contribution is 2.42. The highest BCUT2D eigenvalue weighted by molar-refractivity contribution is 7.15. The highest BCUT2D eigenvalue weighted by Gasteiger charge is 2.30. The molecule has 2 aromatic carbocycles. The number of thiazole rings is 1. The van der Waals surface area contributed by atoms with Gasteiger partial charge in [-0.2, -0.15) is 5.10 Å². The van der Waals surface area contributed by atoms with Gasteiger partial charge in [-0.1, -0.05) is 12.1 Å². The maximum absolute atomic E-state index is 14.0. The zero-order valence-electron chi connectivity index (χ0n) is 19.5. The molecule has 1 saturated heterocycles. The maximum atomic E-state index is 14.0. The molecule has 6 rings (SSSR count). The van der Waals surface area contributed by atoms with Crippen LogP contribution < -0.4 is 4.74 Å². The molecular formula is C26H25F2N5OS. The first-order valence-electron chi connectivity index (χ1n) is 11.8. The molecule has 0 bridgehead atoms. The average molecular weight is 494 g/mol. The molecule has 0 N–H and O–H groups in total. The van der Waals surface area contributed by atoms with Gasteiger partial charge in [-0.25, -0.2) is 23.4 Å². The van der Waals surface area contributed by atoms with Crippen LogP contribution in [0, 0.1) is 11.6 Å². The number of ether oxygens (including phenoxy) is 1. The van der Waals surface area contributed by atoms with Gasteiger partial charge >= 0.3 is 0 Å². The topological polar surface area (TPSA) is 56.1 Å². The van der Waals surface area contributed by atoms with E-state index in [0.717, 1.165) is 53.4 Å². The van der Waals surface area contributed by atoms with Crippen LogP contribution in [0.25, 0.3) is 22.1 Å². The predicted octanol–water partition coefficient (Wildman–Crippen LogP) is 5.46. The van der Waals surface area contributed by atoms with Crippen molar-refractivity contribution in [2.24, 2.45) is 0 Å². The molecule has 35 heavy (non-hydrogen) atoms. The molecule has 0 radical (unpaired) electrons. The summed E-state index contributed by atoms with van der Waals surface area (Å²) in [7, 11) is 0. The number of hydrogen-bond acceptors (Lipinski definition) is 6. The number of fused-ring (bicyclic) bond motifs is 3. The Kier molecular flexibility index (Phi) is 5.61. The summed E-state index contributed by atoms with van der Waals surface area (Å²) in [5.74, 6) is 0.945. The van der Waals surface area contributed by atoms with Gasteiger partial charge in [0.1, 0.15) is 23.7 Å². The van der Waals surface area contributed by atoms with Crippen LogP contribution in [0.15, 0.2) is 42.7 Å². The molecule has 180 valence electrons. The Morgan fingerprint density at radius 1 is 1.14 bits per heavy atom. The van der Waals surface area contributed by atoms with E-state index in [1.165, 1.54) is 22.6 Å². The van der Waals surface area contributed by atoms with E-state index in [-0.39, 0.29) is 6.04 Å². The zero-order chi connectivity index (χ0) is 24.1. The third kappa shape index (κ3) is 4.12. The number of rotatable bonds is 5. The van der Waals surface area contributed by atoms with E-state index < -0.39 is 11.6 Å². The fourth-order valence-corrected chi connectivity index (χ4v) is 5.82. The van der Waals surface area contributed by atoms with Crippen molar-refractivity contribution in [3.63, 3.8) is 0 Å². The lowest BCUT2D eigenvalue weighted by atomic mass is 9.89. The average Bonchev–Trinajstić information content (AvgIpc) is 3.42. The second kappa shape index (κ2) is 8.80. The van der Waals surface area contributed by atoms with Crippen molar-refractivity contribution in [1.82, 2.24) is 24.6 Å². The Morgan fingerprint density at radius 2 is 2.00 bits per heavy atom. The molecule has 0 amide bonds. The van der Waals surface area contributed by atoms with E-state index in [1.807, 2.05) is 10.7 Å². The summed E-state index contributed by atoms with van der Waals surface area (Å²) >= 11 is 1.65. The summed E-state index contributed by atoms with van der Waals surface area (Å²) in [4.78, 5) is 12.8. The Bertz CT molecular complexity index is 1390. The van der Waals surface area contributed by atoms with E-state index in [4.69, 9.17) is 9.72 Å². The van der Waals surface area contributed by atoms with E-state index in [2.05, 4.69) is 41.0 Å². The fraction of sp³-hybridized carbons (Fsp3) is 0.346. The normalized spacial score (nSPS) is 15.9. The van der Waals surface area contributed by atoms with Gasteiger partial charge < -0.3 is 4.74 Å². The van der Waals surface area contributed by atoms with Gasteiger partial charge in [0, 0.05) is 60.1 Å². The lowest BCUT2D eigenvalue weighted by Gasteiger charge is -2.40. The molecule has 0 aliphatic carbocycles. The third-order valence-corrected chi connectivity index (χ3v) is 7.74. The lowest BCUT2D eigenvalue weighted by molar-refractivity contribution is 0.138. The van der Waals surface area contributed by atoms with E-state index in [0.29, 0.717) is 24.6 Å². The van der Waals surface area contributed by atoms with Gasteiger partial charge in [-0.15, -0.1) is 11.3 Å². The number of nitrogens with zero attached hydrogens (tertiary/aromatic N) is 5. The maximum Gasteiger partial charge on any atom is 0.187 e. The first-order chi connectivity index (χ1) is 17.0. The zero-order valence-corrected chi connectivity index (χ0v) is 20.4. The quantitative estimate of drug-likeness (QED) is 0.369. The van der Waals surface area contributed by atoms with Crippen LogP contribution in [0.2, 0.25) is 0 Å². The highest BCUT2D eigenvalue weighted by atomic mass is 32.1. The van der Waals surface area contributed by atoms with Crippen LogP contribution >= 0.6 is 11.3 Å². The first kappa shape index (κ1) is 22.3. The first-order valence-corrected chi connectivity index (χ1v) is 12.6. The minimum Gasteiger partial charge on any atom is -0.493 e. The van der Waals surface area contributed by atoms with Gasteiger partial charge in [0.05, 0.1) is 12.3 Å². The number of aromatic nitrogens is 4. The molecule has 2 aliphatic rings. The molecule has 0 saturated carbocycles. The Balaban J connectivity index is 1.25. The van der Waals surface area contributed by atoms with Crippen molar-refractivity contribution < 1.29 is 13.5 Å². The molecule has 2 aromatic heterocycles. The van der Waals surface area contributed by atoms with Crippen LogP contribution in [-0.4, -0.2) is 44.3 Å². The van der Waals surface area contributed by atoms with Gasteiger partial charge in [0.25, 0.3) is 0 Å². The molecular weight excluding hydrogens is 468 g/mol. The SMILES string of the molecule is CC(C)n1ncnc1-c1nc2c(s1)CCOc1ccc(C3CN(Cc4ccc(F)cc4F)C3)cc1-2. The summed E-state index contributed by atoms with van der Waals surface area (Å²) in [6.07, 6.45) is 2.38. The van der Waals surface area contributed by atoms with Crippen molar-refractivity contribution in [3.05, 3.63) is 70.4 Å². The molecule has 1 fully saturated rings. The molecule has 0 atom stereocenters. The smallest absolute Gasteiger partial charge is 0.187 e. The number of likely N-dealkylation sites (tertiary alicyclic amines) is 1. The van der Waals surface area contributed by atoms with Gasteiger partial charge in [-0.05, 0) is 37.6 Å². The summed E-state index contributed by atoms with van der Waals surface area (Å²) in [6, 6.07) is 10.3. The standard InChI is InChI=1S/C26H25F2N5OS/c1-15(2)33-25(29-14-30-33)26-31-24-20-9-16(4-6-22(20)34-8-7-23(24)35-26)18-12-32(13-18)11-17-3-5-19(27)10-21(17)28/h3-6,9-10,14-15,18H,7-8,11-13H2,1-2H3. The lowest BCUT2D eigenvalue weighted by Crippen LogP contribution is -2.44. The Hall–Kier alpha value is -3.17. The monoisotopic (exact) mass is 493 g/mol. The summed E-state index contributed by atoms with van der Waals surface area (Å²) in [6.45, 7) is 6.90. The molecule has 0 spiro atoms. The number of hydrogen-bond donors (Lipinski definition) is 0. The molecule has 4 aromatic rings. The Labute approximate surface area is 206 Å². The molecule has 6 nitrogen and oxygen atoms in total. The van der Waals surface area contributed by atoms with Crippen LogP contribution in [0.4, 0.5) is 8.78 Å². The molecule has 4 heterocycles. The number of halogens is 2. The molecule has 2 aliphatic heterocycles. The van der Waals surface area contributed by atoms with Crippen molar-refractivity contribution in [2.75, 3.05) is 19.7 Å². The van der Waals surface area contributed by atoms with Gasteiger partial charge in [0.2, 0.25) is 0 Å². The fourth-order valence-electron chi connectivity index (χ4n) is 4.78. The summed E-state index contributed by atoms with van der Waals surface area (Å²) < 4.78 is 35.2. The Morgan fingerprint density at radius 3 is 2.80 bits per heavy atom. The van der Waals surface area contributed by atoms with Crippen LogP contribution in [0.1, 0.15) is 41.8 Å². The van der Waals surface area contributed by atoms with Gasteiger partial charge in [0.15, 0.2) is 10.8 Å². The van der Waals surface area contributed by atoms with E-state index in [1.54, 1.807) is 17.7 Å². The van der Waals surface area contributed by atoms with E-state index in [9.17, 15) is 8.78 Å². The van der Waals surface area contributed by atoms with Crippen molar-refractivity contribution in [2.45, 2.75) is 38.8 Å². The van der Waals surface area contributed by atoms with Crippen LogP contribution in [0.5, 0.6) is 5.75 Å².